The number of carbonyl (C=O) groups is 1. The zero-order chi connectivity index (χ0) is 14.0. The molecule has 1 saturated carbocycles. The van der Waals surface area contributed by atoms with Gasteiger partial charge in [-0.1, -0.05) is 27.2 Å². The average molecular weight is 267 g/mol. The minimum atomic E-state index is -0.169. The molecule has 1 spiro atoms. The summed E-state index contributed by atoms with van der Waals surface area (Å²) < 4.78 is 0. The molecule has 0 aromatic carbocycles. The molecule has 2 atom stereocenters. The summed E-state index contributed by atoms with van der Waals surface area (Å²) in [7, 11) is 0. The summed E-state index contributed by atoms with van der Waals surface area (Å²) in [4.78, 5) is 17.2. The largest absolute Gasteiger partial charge is 0.322 e. The van der Waals surface area contributed by atoms with Gasteiger partial charge < -0.3 is 9.80 Å². The molecule has 0 aromatic rings. The van der Waals surface area contributed by atoms with Gasteiger partial charge in [0.25, 0.3) is 0 Å². The molecule has 4 nitrogen and oxygen atoms in total. The number of carbonyl (C=O) groups excluding carboxylic acids is 1. The van der Waals surface area contributed by atoms with E-state index in [4.69, 9.17) is 0 Å². The van der Waals surface area contributed by atoms with Crippen molar-refractivity contribution in [3.8, 4) is 0 Å². The molecule has 19 heavy (non-hydrogen) atoms. The number of nitrogens with one attached hydrogen (secondary N) is 1. The van der Waals surface area contributed by atoms with Crippen LogP contribution in [-0.2, 0) is 4.79 Å². The van der Waals surface area contributed by atoms with Crippen molar-refractivity contribution in [1.29, 1.82) is 0 Å². The van der Waals surface area contributed by atoms with Gasteiger partial charge in [-0.15, -0.1) is 0 Å². The van der Waals surface area contributed by atoms with Crippen LogP contribution in [0, 0.1) is 0 Å². The second-order valence-corrected chi connectivity index (χ2v) is 6.08. The topological polar surface area (TPSA) is 35.6 Å². The lowest BCUT2D eigenvalue weighted by Crippen LogP contribution is -2.48. The van der Waals surface area contributed by atoms with E-state index in [0.717, 1.165) is 45.3 Å². The van der Waals surface area contributed by atoms with Gasteiger partial charge in [0.05, 0.1) is 11.7 Å². The van der Waals surface area contributed by atoms with Crippen LogP contribution in [0.15, 0.2) is 0 Å². The van der Waals surface area contributed by atoms with E-state index in [-0.39, 0.29) is 11.7 Å². The minimum Gasteiger partial charge on any atom is -0.322 e. The Morgan fingerprint density at radius 2 is 2.00 bits per heavy atom. The average Bonchev–Trinajstić information content (AvgIpc) is 3.11. The summed E-state index contributed by atoms with van der Waals surface area (Å²) in [5.41, 5.74) is -0.169. The Morgan fingerprint density at radius 1 is 1.37 bits per heavy atom. The van der Waals surface area contributed by atoms with Gasteiger partial charge in [-0.05, 0) is 39.3 Å². The van der Waals surface area contributed by atoms with Crippen LogP contribution in [0.4, 0.5) is 0 Å². The van der Waals surface area contributed by atoms with Crippen LogP contribution in [0.3, 0.4) is 0 Å². The molecule has 2 fully saturated rings. The molecule has 1 N–H and O–H groups in total. The first-order valence-corrected chi connectivity index (χ1v) is 7.90. The Labute approximate surface area is 117 Å². The van der Waals surface area contributed by atoms with Crippen LogP contribution < -0.4 is 5.32 Å². The van der Waals surface area contributed by atoms with E-state index in [1.54, 1.807) is 0 Å². The highest BCUT2D eigenvalue weighted by Crippen LogP contribution is 2.43. The van der Waals surface area contributed by atoms with Crippen molar-refractivity contribution in [3.63, 3.8) is 0 Å². The smallest absolute Gasteiger partial charge is 0.244 e. The lowest BCUT2D eigenvalue weighted by Gasteiger charge is -2.33. The van der Waals surface area contributed by atoms with Crippen LogP contribution >= 0.6 is 0 Å². The third-order valence-corrected chi connectivity index (χ3v) is 4.63. The van der Waals surface area contributed by atoms with Gasteiger partial charge in [0.15, 0.2) is 0 Å². The predicted molar refractivity (Wildman–Crippen MR) is 77.9 cm³/mol. The Hall–Kier alpha value is -0.610. The Morgan fingerprint density at radius 3 is 2.47 bits per heavy atom. The maximum atomic E-state index is 12.6. The van der Waals surface area contributed by atoms with Crippen LogP contribution in [0.1, 0.15) is 53.4 Å². The van der Waals surface area contributed by atoms with E-state index in [0.29, 0.717) is 11.9 Å². The van der Waals surface area contributed by atoms with Crippen LogP contribution in [0.5, 0.6) is 0 Å². The lowest BCUT2D eigenvalue weighted by atomic mass is 10.2. The molecular formula is C15H29N3O. The normalized spacial score (nSPS) is 26.5. The van der Waals surface area contributed by atoms with E-state index in [2.05, 4.69) is 42.8 Å². The number of hydrogen-bond acceptors (Lipinski definition) is 3. The lowest BCUT2D eigenvalue weighted by molar-refractivity contribution is -0.133. The van der Waals surface area contributed by atoms with Gasteiger partial charge in [0.2, 0.25) is 5.91 Å². The molecule has 0 aromatic heterocycles. The molecule has 1 saturated heterocycles. The quantitative estimate of drug-likeness (QED) is 0.764. The highest BCUT2D eigenvalue weighted by atomic mass is 16.2. The zero-order valence-corrected chi connectivity index (χ0v) is 12.9. The molecule has 1 heterocycles. The van der Waals surface area contributed by atoms with E-state index < -0.39 is 0 Å². The van der Waals surface area contributed by atoms with E-state index in [9.17, 15) is 4.79 Å². The highest BCUT2D eigenvalue weighted by Gasteiger charge is 2.59. The van der Waals surface area contributed by atoms with Gasteiger partial charge in [-0.3, -0.25) is 10.1 Å². The van der Waals surface area contributed by atoms with Crippen molar-refractivity contribution >= 4 is 5.91 Å². The fourth-order valence-corrected chi connectivity index (χ4v) is 3.26. The SMILES string of the molecule is CCCC1NC2(CC2)C(=O)N1C(C)CN(CC)CC. The fourth-order valence-electron chi connectivity index (χ4n) is 3.26. The third kappa shape index (κ3) is 2.79. The molecule has 2 unspecified atom stereocenters. The van der Waals surface area contributed by atoms with E-state index >= 15 is 0 Å². The second-order valence-electron chi connectivity index (χ2n) is 6.08. The fraction of sp³-hybridized carbons (Fsp3) is 0.933. The first-order valence-electron chi connectivity index (χ1n) is 7.90. The second kappa shape index (κ2) is 5.80. The number of rotatable bonds is 7. The van der Waals surface area contributed by atoms with Crippen molar-refractivity contribution < 1.29 is 4.79 Å². The number of hydrogen-bond donors (Lipinski definition) is 1. The molecule has 4 heteroatoms. The first-order chi connectivity index (χ1) is 9.07. The third-order valence-electron chi connectivity index (χ3n) is 4.63. The molecule has 0 bridgehead atoms. The Bertz CT molecular complexity index is 323. The highest BCUT2D eigenvalue weighted by molar-refractivity contribution is 5.92. The standard InChI is InChI=1S/C15H29N3O/c1-5-8-13-16-15(9-10-15)14(19)18(13)12(4)11-17(6-2)7-3/h12-13,16H,5-11H2,1-4H3. The summed E-state index contributed by atoms with van der Waals surface area (Å²) in [6.45, 7) is 11.9. The first kappa shape index (κ1) is 14.8. The molecule has 0 radical (unpaired) electrons. The van der Waals surface area contributed by atoms with Crippen LogP contribution in [-0.4, -0.2) is 53.1 Å². The van der Waals surface area contributed by atoms with Gasteiger partial charge in [-0.25, -0.2) is 0 Å². The predicted octanol–water partition coefficient (Wildman–Crippen LogP) is 1.81. The Balaban J connectivity index is 2.04. The zero-order valence-electron chi connectivity index (χ0n) is 12.9. The van der Waals surface area contributed by atoms with Gasteiger partial charge in [-0.2, -0.15) is 0 Å². The number of amides is 1. The number of likely N-dealkylation sites (N-methyl/N-ethyl adjacent to an activating group) is 1. The molecule has 110 valence electrons. The molecule has 1 aliphatic heterocycles. The summed E-state index contributed by atoms with van der Waals surface area (Å²) in [6, 6.07) is 0.302. The van der Waals surface area contributed by atoms with Crippen LogP contribution in [0.25, 0.3) is 0 Å². The molecule has 2 rings (SSSR count). The summed E-state index contributed by atoms with van der Waals surface area (Å²) in [5.74, 6) is 0.352. The number of nitrogens with zero attached hydrogens (tertiary/aromatic N) is 2. The summed E-state index contributed by atoms with van der Waals surface area (Å²) in [6.07, 6.45) is 4.50. The molecule has 1 aliphatic carbocycles. The van der Waals surface area contributed by atoms with Crippen LogP contribution in [0.2, 0.25) is 0 Å². The Kier molecular flexibility index (Phi) is 4.51. The van der Waals surface area contributed by atoms with E-state index in [1.165, 1.54) is 0 Å². The van der Waals surface area contributed by atoms with Crippen molar-refractivity contribution in [2.24, 2.45) is 0 Å². The minimum absolute atomic E-state index is 0.169. The maximum Gasteiger partial charge on any atom is 0.244 e. The van der Waals surface area contributed by atoms with E-state index in [1.807, 2.05) is 0 Å². The van der Waals surface area contributed by atoms with Crippen molar-refractivity contribution in [2.45, 2.75) is 71.1 Å². The summed E-state index contributed by atoms with van der Waals surface area (Å²) in [5, 5.41) is 3.59. The van der Waals surface area contributed by atoms with Gasteiger partial charge in [0.1, 0.15) is 0 Å². The van der Waals surface area contributed by atoms with Gasteiger partial charge >= 0.3 is 0 Å². The van der Waals surface area contributed by atoms with Gasteiger partial charge in [0, 0.05) is 12.6 Å². The maximum absolute atomic E-state index is 12.6. The van der Waals surface area contributed by atoms with Crippen molar-refractivity contribution in [1.82, 2.24) is 15.1 Å². The van der Waals surface area contributed by atoms with Crippen molar-refractivity contribution in [2.75, 3.05) is 19.6 Å². The summed E-state index contributed by atoms with van der Waals surface area (Å²) >= 11 is 0. The molecule has 2 aliphatic rings. The molecule has 1 amide bonds. The monoisotopic (exact) mass is 267 g/mol. The molecular weight excluding hydrogens is 238 g/mol. The van der Waals surface area contributed by atoms with Crippen molar-refractivity contribution in [3.05, 3.63) is 0 Å².